The van der Waals surface area contributed by atoms with E-state index >= 15 is 4.39 Å². The summed E-state index contributed by atoms with van der Waals surface area (Å²) in [5, 5.41) is 17.5. The zero-order valence-electron chi connectivity index (χ0n) is 38.6. The largest absolute Gasteiger partial charge is 0.494 e. The van der Waals surface area contributed by atoms with Crippen LogP contribution in [0, 0.1) is 24.5 Å². The number of rotatable bonds is 13. The van der Waals surface area contributed by atoms with Crippen molar-refractivity contribution in [2.75, 3.05) is 92.0 Å². The van der Waals surface area contributed by atoms with Gasteiger partial charge in [-0.15, -0.1) is 0 Å². The van der Waals surface area contributed by atoms with Crippen molar-refractivity contribution < 1.29 is 27.7 Å². The summed E-state index contributed by atoms with van der Waals surface area (Å²) in [6.45, 7) is 10.6. The molecule has 356 valence electrons. The average Bonchev–Trinajstić information content (AvgIpc) is 3.75. The van der Waals surface area contributed by atoms with Crippen LogP contribution >= 0.6 is 23.1 Å². The van der Waals surface area contributed by atoms with Crippen molar-refractivity contribution in [3.8, 4) is 16.9 Å². The Kier molecular flexibility index (Phi) is 13.4. The van der Waals surface area contributed by atoms with Gasteiger partial charge in [-0.1, -0.05) is 0 Å². The summed E-state index contributed by atoms with van der Waals surface area (Å²) in [5.41, 5.74) is 5.98. The first-order valence-electron chi connectivity index (χ1n) is 22.6. The molecule has 20 heteroatoms. The molecule has 3 aliphatic heterocycles. The topological polar surface area (TPSA) is 175 Å². The summed E-state index contributed by atoms with van der Waals surface area (Å²) in [6, 6.07) is 13.5. The lowest BCUT2D eigenvalue weighted by Gasteiger charge is -2.40. The number of amides is 2. The number of fused-ring (bicyclic) bond motifs is 1. The van der Waals surface area contributed by atoms with Gasteiger partial charge in [0.25, 0.3) is 0 Å². The van der Waals surface area contributed by atoms with Gasteiger partial charge < -0.3 is 35.1 Å². The number of nitrogens with zero attached hydrogens (tertiary/aromatic N) is 8. The zero-order chi connectivity index (χ0) is 47.9. The SMILES string of the molecule is COc1cc(N2CCC(CN3CCN(c4ccc(NC5CCC(=O)NC5=O)cc4F)CC3)CC2)c(-c2cnn(C)c2)cc1Nc1ncc(Br)c(Nc2ccc3nc(C)c(F)cc3c2P(C)(C)=O)n1. The number of pyridine rings is 1. The van der Waals surface area contributed by atoms with Gasteiger partial charge in [0.1, 0.15) is 36.4 Å². The fraction of sp³-hybridized carbons (Fsp3) is 0.375. The molecule has 68 heavy (non-hydrogen) atoms. The first kappa shape index (κ1) is 46.9. The number of halogens is 3. The Bertz CT molecular complexity index is 2950. The van der Waals surface area contributed by atoms with Crippen molar-refractivity contribution in [1.82, 2.24) is 34.9 Å². The molecule has 2 amide bonds. The first-order valence-corrected chi connectivity index (χ1v) is 26.0. The van der Waals surface area contributed by atoms with Crippen LogP contribution in [0.15, 0.2) is 71.6 Å². The number of aryl methyl sites for hydroxylation is 2. The second-order valence-corrected chi connectivity index (χ2v) is 22.1. The summed E-state index contributed by atoms with van der Waals surface area (Å²) in [5.74, 6) is 0.306. The number of carbonyl (C=O) groups is 2. The number of imide groups is 1. The summed E-state index contributed by atoms with van der Waals surface area (Å²) in [7, 11) is 0.577. The van der Waals surface area contributed by atoms with Crippen LogP contribution in [0.25, 0.3) is 22.0 Å². The highest BCUT2D eigenvalue weighted by molar-refractivity contribution is 9.10. The molecule has 4 N–H and O–H groups in total. The van der Waals surface area contributed by atoms with Gasteiger partial charge in [-0.05, 0) is 104 Å². The van der Waals surface area contributed by atoms with E-state index in [4.69, 9.17) is 9.72 Å². The molecule has 0 spiro atoms. The molecule has 0 saturated carbocycles. The minimum atomic E-state index is -2.95. The number of piperazine rings is 1. The quantitative estimate of drug-likeness (QED) is 0.0653. The second-order valence-electron chi connectivity index (χ2n) is 18.1. The van der Waals surface area contributed by atoms with E-state index in [1.165, 1.54) is 12.1 Å². The van der Waals surface area contributed by atoms with Gasteiger partial charge in [0.05, 0.1) is 46.1 Å². The molecule has 6 heterocycles. The highest BCUT2D eigenvalue weighted by atomic mass is 79.9. The number of ether oxygens (including phenoxy) is 1. The van der Waals surface area contributed by atoms with E-state index in [2.05, 4.69) is 73.0 Å². The van der Waals surface area contributed by atoms with E-state index in [-0.39, 0.29) is 35.7 Å². The Morgan fingerprint density at radius 2 is 1.65 bits per heavy atom. The van der Waals surface area contributed by atoms with Crippen molar-refractivity contribution in [2.45, 2.75) is 38.6 Å². The summed E-state index contributed by atoms with van der Waals surface area (Å²) in [4.78, 5) is 44.5. The van der Waals surface area contributed by atoms with Gasteiger partial charge >= 0.3 is 0 Å². The minimum Gasteiger partial charge on any atom is -0.494 e. The molecule has 1 unspecified atom stereocenters. The summed E-state index contributed by atoms with van der Waals surface area (Å²) >= 11 is 3.58. The van der Waals surface area contributed by atoms with Crippen LogP contribution in [-0.2, 0) is 21.2 Å². The van der Waals surface area contributed by atoms with Gasteiger partial charge in [-0.25, -0.2) is 13.8 Å². The lowest BCUT2D eigenvalue weighted by atomic mass is 9.94. The number of piperidine rings is 2. The molecule has 3 saturated heterocycles. The smallest absolute Gasteiger partial charge is 0.249 e. The summed E-state index contributed by atoms with van der Waals surface area (Å²) in [6.07, 6.45) is 8.09. The predicted octanol–water partition coefficient (Wildman–Crippen LogP) is 7.77. The van der Waals surface area contributed by atoms with Crippen LogP contribution in [0.1, 0.15) is 31.4 Å². The van der Waals surface area contributed by atoms with Crippen LogP contribution in [0.2, 0.25) is 0 Å². The van der Waals surface area contributed by atoms with E-state index in [0.717, 1.165) is 62.4 Å². The molecule has 3 aliphatic rings. The van der Waals surface area contributed by atoms with Crippen LogP contribution in [-0.4, -0.2) is 114 Å². The van der Waals surface area contributed by atoms with Crippen molar-refractivity contribution in [3.63, 3.8) is 0 Å². The molecule has 16 nitrogen and oxygen atoms in total. The van der Waals surface area contributed by atoms with Crippen molar-refractivity contribution >= 4 is 91.3 Å². The highest BCUT2D eigenvalue weighted by Crippen LogP contribution is 2.44. The average molecular weight is 1010 g/mol. The van der Waals surface area contributed by atoms with E-state index in [9.17, 15) is 18.5 Å². The monoisotopic (exact) mass is 1010 g/mol. The molecule has 0 aliphatic carbocycles. The number of carbonyl (C=O) groups excluding carboxylic acids is 2. The Labute approximate surface area is 401 Å². The van der Waals surface area contributed by atoms with Crippen LogP contribution in [0.4, 0.5) is 49.0 Å². The minimum absolute atomic E-state index is 0.251. The number of benzene rings is 3. The molecule has 9 rings (SSSR count). The molecule has 3 aromatic heterocycles. The van der Waals surface area contributed by atoms with Gasteiger partial charge in [-0.3, -0.25) is 29.5 Å². The lowest BCUT2D eigenvalue weighted by Crippen LogP contribution is -2.49. The van der Waals surface area contributed by atoms with E-state index < -0.39 is 19.0 Å². The maximum Gasteiger partial charge on any atom is 0.249 e. The predicted molar refractivity (Wildman–Crippen MR) is 267 cm³/mol. The van der Waals surface area contributed by atoms with E-state index in [1.807, 2.05) is 25.5 Å². The van der Waals surface area contributed by atoms with Gasteiger partial charge in [0.15, 0.2) is 0 Å². The van der Waals surface area contributed by atoms with Crippen molar-refractivity contribution in [3.05, 3.63) is 88.9 Å². The molecule has 6 aromatic rings. The molecular formula is C48H54BrF2N12O4P. The number of hydrogen-bond donors (Lipinski definition) is 4. The molecule has 3 fully saturated rings. The number of aromatic nitrogens is 5. The Balaban J connectivity index is 0.865. The number of hydrogen-bond acceptors (Lipinski definition) is 14. The van der Waals surface area contributed by atoms with E-state index in [0.29, 0.717) is 80.4 Å². The first-order chi connectivity index (χ1) is 32.6. The Morgan fingerprint density at radius 3 is 2.34 bits per heavy atom. The normalized spacial score (nSPS) is 17.4. The maximum atomic E-state index is 15.4. The van der Waals surface area contributed by atoms with Crippen molar-refractivity contribution in [2.24, 2.45) is 13.0 Å². The van der Waals surface area contributed by atoms with Gasteiger partial charge in [0, 0.05) is 111 Å². The molecule has 0 radical (unpaired) electrons. The Hall–Kier alpha value is -6.17. The fourth-order valence-electron chi connectivity index (χ4n) is 9.41. The number of anilines is 7. The van der Waals surface area contributed by atoms with Gasteiger partial charge in [0.2, 0.25) is 17.8 Å². The molecule has 3 aromatic carbocycles. The molecule has 1 atom stereocenters. The summed E-state index contributed by atoms with van der Waals surface area (Å²) < 4.78 is 52.2. The third kappa shape index (κ3) is 10.2. The van der Waals surface area contributed by atoms with Gasteiger partial charge in [-0.2, -0.15) is 10.1 Å². The fourth-order valence-corrected chi connectivity index (χ4v) is 11.2. The zero-order valence-corrected chi connectivity index (χ0v) is 41.1. The number of nitrogens with one attached hydrogen (secondary N) is 4. The third-order valence-electron chi connectivity index (χ3n) is 12.9. The van der Waals surface area contributed by atoms with Crippen molar-refractivity contribution in [1.29, 1.82) is 0 Å². The van der Waals surface area contributed by atoms with Crippen LogP contribution < -0.4 is 41.1 Å². The standard InChI is InChI=1S/C48H54BrF2N12O4P/c1-28-35(50)21-33-37(54-28)7-8-38(45(33)68(4,5)66)56-46-34(49)25-52-48(59-46)57-40-22-32(30-24-53-60(2)27-30)42(23-43(40)67-3)62-14-12-29(13-15-62)26-61-16-18-63(19-17-61)41-10-6-31(20-36(41)51)55-39-9-11-44(64)58-47(39)65/h6-8,10,20-25,27,29,39,55H,9,11-19,26H2,1-5H3,(H,58,64,65)(H2,52,56,57,59). The Morgan fingerprint density at radius 1 is 0.882 bits per heavy atom. The number of methoxy groups -OCH3 is 1. The molecular weight excluding hydrogens is 957 g/mol. The second kappa shape index (κ2) is 19.4. The highest BCUT2D eigenvalue weighted by Gasteiger charge is 2.30. The third-order valence-corrected chi connectivity index (χ3v) is 15.1. The van der Waals surface area contributed by atoms with Crippen LogP contribution in [0.3, 0.4) is 0 Å². The molecule has 0 bridgehead atoms. The lowest BCUT2D eigenvalue weighted by molar-refractivity contribution is -0.133. The maximum absolute atomic E-state index is 15.4. The van der Waals surface area contributed by atoms with Crippen LogP contribution in [0.5, 0.6) is 5.75 Å². The van der Waals surface area contributed by atoms with E-state index in [1.54, 1.807) is 62.5 Å².